The minimum absolute atomic E-state index is 0.175. The molecule has 2 aromatic rings. The van der Waals surface area contributed by atoms with Crippen molar-refractivity contribution in [2.45, 2.75) is 6.92 Å². The molecule has 0 aromatic heterocycles. The molecule has 2 rings (SSSR count). The third kappa shape index (κ3) is 4.87. The second kappa shape index (κ2) is 8.39. The van der Waals surface area contributed by atoms with E-state index in [0.29, 0.717) is 22.2 Å². The highest BCUT2D eigenvalue weighted by molar-refractivity contribution is 6.31. The predicted molar refractivity (Wildman–Crippen MR) is 94.6 cm³/mol. The van der Waals surface area contributed by atoms with Gasteiger partial charge in [0, 0.05) is 10.7 Å². The monoisotopic (exact) mass is 363 g/mol. The van der Waals surface area contributed by atoms with Gasteiger partial charge in [0.05, 0.1) is 14.2 Å². The molecule has 0 spiro atoms. The third-order valence-corrected chi connectivity index (χ3v) is 3.67. The molecule has 0 saturated carbocycles. The highest BCUT2D eigenvalue weighted by Gasteiger charge is 2.17. The highest BCUT2D eigenvalue weighted by atomic mass is 35.5. The van der Waals surface area contributed by atoms with Gasteiger partial charge in [0.15, 0.2) is 6.61 Å². The van der Waals surface area contributed by atoms with Gasteiger partial charge in [0.1, 0.15) is 17.1 Å². The molecular formula is C18H18ClNO5. The molecule has 0 radical (unpaired) electrons. The van der Waals surface area contributed by atoms with Gasteiger partial charge < -0.3 is 19.5 Å². The van der Waals surface area contributed by atoms with Crippen LogP contribution in [0.2, 0.25) is 5.02 Å². The number of carbonyl (C=O) groups excluding carboxylic acids is 2. The van der Waals surface area contributed by atoms with Crippen LogP contribution in [0.4, 0.5) is 5.69 Å². The number of esters is 1. The standard InChI is InChI=1S/C18H18ClNO5/c1-11-4-5-12(19)8-15(11)20-17(21)10-25-18(22)14-9-13(23-2)6-7-16(14)24-3/h4-9H,10H2,1-3H3,(H,20,21). The Balaban J connectivity index is 2.02. The van der Waals surface area contributed by atoms with Crippen molar-refractivity contribution in [1.29, 1.82) is 0 Å². The summed E-state index contributed by atoms with van der Waals surface area (Å²) in [5.74, 6) is -0.349. The average molecular weight is 364 g/mol. The molecular weight excluding hydrogens is 346 g/mol. The maximum absolute atomic E-state index is 12.2. The fourth-order valence-corrected chi connectivity index (χ4v) is 2.27. The van der Waals surface area contributed by atoms with Crippen molar-refractivity contribution in [3.8, 4) is 11.5 Å². The van der Waals surface area contributed by atoms with E-state index in [1.54, 1.807) is 30.3 Å². The van der Waals surface area contributed by atoms with Gasteiger partial charge in [-0.2, -0.15) is 0 Å². The van der Waals surface area contributed by atoms with Gasteiger partial charge in [-0.3, -0.25) is 4.79 Å². The van der Waals surface area contributed by atoms with E-state index in [2.05, 4.69) is 5.32 Å². The van der Waals surface area contributed by atoms with Crippen molar-refractivity contribution >= 4 is 29.2 Å². The molecule has 2 aromatic carbocycles. The van der Waals surface area contributed by atoms with Crippen LogP contribution in [0.5, 0.6) is 11.5 Å². The van der Waals surface area contributed by atoms with Crippen molar-refractivity contribution in [2.24, 2.45) is 0 Å². The van der Waals surface area contributed by atoms with E-state index in [1.165, 1.54) is 20.3 Å². The fourth-order valence-electron chi connectivity index (χ4n) is 2.10. The van der Waals surface area contributed by atoms with Gasteiger partial charge in [-0.1, -0.05) is 17.7 Å². The van der Waals surface area contributed by atoms with Crippen LogP contribution in [0.15, 0.2) is 36.4 Å². The Hall–Kier alpha value is -2.73. The minimum Gasteiger partial charge on any atom is -0.497 e. The first kappa shape index (κ1) is 18.6. The van der Waals surface area contributed by atoms with Crippen molar-refractivity contribution in [3.05, 3.63) is 52.5 Å². The summed E-state index contributed by atoms with van der Waals surface area (Å²) in [6.45, 7) is 1.39. The van der Waals surface area contributed by atoms with E-state index >= 15 is 0 Å². The van der Waals surface area contributed by atoms with Crippen LogP contribution in [0.25, 0.3) is 0 Å². The summed E-state index contributed by atoms with van der Waals surface area (Å²) in [6, 6.07) is 9.86. The Morgan fingerprint density at radius 3 is 2.52 bits per heavy atom. The number of hydrogen-bond acceptors (Lipinski definition) is 5. The SMILES string of the molecule is COc1ccc(OC)c(C(=O)OCC(=O)Nc2cc(Cl)ccc2C)c1. The second-order valence-electron chi connectivity index (χ2n) is 5.15. The topological polar surface area (TPSA) is 73.9 Å². The van der Waals surface area contributed by atoms with E-state index in [9.17, 15) is 9.59 Å². The number of amides is 1. The van der Waals surface area contributed by atoms with Crippen LogP contribution in [0, 0.1) is 6.92 Å². The Morgan fingerprint density at radius 1 is 1.08 bits per heavy atom. The zero-order chi connectivity index (χ0) is 18.4. The lowest BCUT2D eigenvalue weighted by Gasteiger charge is -2.11. The lowest BCUT2D eigenvalue weighted by atomic mass is 10.2. The number of nitrogens with one attached hydrogen (secondary N) is 1. The fraction of sp³-hybridized carbons (Fsp3) is 0.222. The highest BCUT2D eigenvalue weighted by Crippen LogP contribution is 2.25. The summed E-state index contributed by atoms with van der Waals surface area (Å²) in [7, 11) is 2.92. The van der Waals surface area contributed by atoms with Crippen LogP contribution in [0.1, 0.15) is 15.9 Å². The number of benzene rings is 2. The average Bonchev–Trinajstić information content (AvgIpc) is 2.62. The zero-order valence-corrected chi connectivity index (χ0v) is 14.8. The minimum atomic E-state index is -0.686. The van der Waals surface area contributed by atoms with E-state index in [0.717, 1.165) is 5.56 Å². The van der Waals surface area contributed by atoms with Gasteiger partial charge in [0.2, 0.25) is 0 Å². The molecule has 1 N–H and O–H groups in total. The molecule has 7 heteroatoms. The van der Waals surface area contributed by atoms with Gasteiger partial charge in [0.25, 0.3) is 5.91 Å². The number of carbonyl (C=O) groups is 2. The van der Waals surface area contributed by atoms with Crippen molar-refractivity contribution in [3.63, 3.8) is 0 Å². The molecule has 6 nitrogen and oxygen atoms in total. The molecule has 0 aliphatic carbocycles. The molecule has 0 aliphatic heterocycles. The van der Waals surface area contributed by atoms with Crippen molar-refractivity contribution < 1.29 is 23.8 Å². The number of aryl methyl sites for hydroxylation is 1. The van der Waals surface area contributed by atoms with Crippen LogP contribution in [-0.2, 0) is 9.53 Å². The normalized spacial score (nSPS) is 10.1. The number of methoxy groups -OCH3 is 2. The molecule has 0 saturated heterocycles. The Bertz CT molecular complexity index is 791. The third-order valence-electron chi connectivity index (χ3n) is 3.43. The quantitative estimate of drug-likeness (QED) is 0.795. The zero-order valence-electron chi connectivity index (χ0n) is 14.1. The Labute approximate surface area is 150 Å². The number of anilines is 1. The van der Waals surface area contributed by atoms with E-state index in [1.807, 2.05) is 6.92 Å². The lowest BCUT2D eigenvalue weighted by Crippen LogP contribution is -2.21. The molecule has 0 fully saturated rings. The maximum atomic E-state index is 12.2. The second-order valence-corrected chi connectivity index (χ2v) is 5.59. The summed E-state index contributed by atoms with van der Waals surface area (Å²) in [5.41, 5.74) is 1.58. The maximum Gasteiger partial charge on any atom is 0.342 e. The van der Waals surface area contributed by atoms with Crippen LogP contribution in [-0.4, -0.2) is 32.7 Å². The summed E-state index contributed by atoms with van der Waals surface area (Å²) < 4.78 is 15.3. The first-order valence-electron chi connectivity index (χ1n) is 7.39. The van der Waals surface area contributed by atoms with Gasteiger partial charge in [-0.15, -0.1) is 0 Å². The Morgan fingerprint density at radius 2 is 1.84 bits per heavy atom. The molecule has 0 bridgehead atoms. The number of rotatable bonds is 6. The molecule has 0 aliphatic rings. The largest absolute Gasteiger partial charge is 0.497 e. The van der Waals surface area contributed by atoms with Crippen molar-refractivity contribution in [2.75, 3.05) is 26.1 Å². The summed E-state index contributed by atoms with van der Waals surface area (Å²) in [4.78, 5) is 24.2. The smallest absolute Gasteiger partial charge is 0.342 e. The van der Waals surface area contributed by atoms with Crippen LogP contribution in [0.3, 0.4) is 0 Å². The summed E-state index contributed by atoms with van der Waals surface area (Å²) in [6.07, 6.45) is 0. The number of halogens is 1. The number of hydrogen-bond donors (Lipinski definition) is 1. The van der Waals surface area contributed by atoms with Gasteiger partial charge in [-0.05, 0) is 42.8 Å². The number of ether oxygens (including phenoxy) is 3. The van der Waals surface area contributed by atoms with E-state index in [-0.39, 0.29) is 5.56 Å². The van der Waals surface area contributed by atoms with Crippen LogP contribution >= 0.6 is 11.6 Å². The molecule has 0 heterocycles. The summed E-state index contributed by atoms with van der Waals surface area (Å²) in [5, 5.41) is 3.15. The van der Waals surface area contributed by atoms with Crippen molar-refractivity contribution in [1.82, 2.24) is 0 Å². The molecule has 0 unspecified atom stereocenters. The lowest BCUT2D eigenvalue weighted by molar-refractivity contribution is -0.119. The van der Waals surface area contributed by atoms with Gasteiger partial charge in [-0.25, -0.2) is 4.79 Å². The molecule has 132 valence electrons. The van der Waals surface area contributed by atoms with E-state index < -0.39 is 18.5 Å². The first-order chi connectivity index (χ1) is 11.9. The van der Waals surface area contributed by atoms with Gasteiger partial charge >= 0.3 is 5.97 Å². The first-order valence-corrected chi connectivity index (χ1v) is 7.77. The van der Waals surface area contributed by atoms with E-state index in [4.69, 9.17) is 25.8 Å². The molecule has 0 atom stereocenters. The predicted octanol–water partition coefficient (Wildman–Crippen LogP) is 3.46. The Kier molecular flexibility index (Phi) is 6.25. The molecule has 25 heavy (non-hydrogen) atoms. The molecule has 1 amide bonds. The van der Waals surface area contributed by atoms with Crippen LogP contribution < -0.4 is 14.8 Å². The summed E-state index contributed by atoms with van der Waals surface area (Å²) >= 11 is 5.91.